The van der Waals surface area contributed by atoms with Gasteiger partial charge in [0.05, 0.1) is 16.2 Å². The summed E-state index contributed by atoms with van der Waals surface area (Å²) in [4.78, 5) is 28.8. The first-order valence-corrected chi connectivity index (χ1v) is 10.2. The van der Waals surface area contributed by atoms with Gasteiger partial charge < -0.3 is 9.72 Å². The number of nitrogens with one attached hydrogen (secondary N) is 1. The molecule has 0 bridgehead atoms. The summed E-state index contributed by atoms with van der Waals surface area (Å²) in [6.45, 7) is 4.05. The quantitative estimate of drug-likeness (QED) is 0.447. The molecule has 0 spiro atoms. The summed E-state index contributed by atoms with van der Waals surface area (Å²) < 4.78 is 9.25. The maximum atomic E-state index is 12.7. The summed E-state index contributed by atoms with van der Waals surface area (Å²) in [7, 11) is 1.85. The van der Waals surface area contributed by atoms with Gasteiger partial charge in [-0.05, 0) is 42.3 Å². The lowest BCUT2D eigenvalue weighted by Crippen LogP contribution is -2.14. The number of aromatic nitrogens is 6. The predicted octanol–water partition coefficient (Wildman–Crippen LogP) is 4.56. The Morgan fingerprint density at radius 1 is 1.10 bits per heavy atom. The molecular weight excluding hydrogens is 416 g/mol. The van der Waals surface area contributed by atoms with Crippen molar-refractivity contribution < 1.29 is 4.74 Å². The van der Waals surface area contributed by atoms with Crippen LogP contribution in [0.15, 0.2) is 53.6 Å². The lowest BCUT2D eigenvalue weighted by Gasteiger charge is -2.10. The van der Waals surface area contributed by atoms with Crippen LogP contribution >= 0.6 is 11.6 Å². The minimum atomic E-state index is -0.276. The van der Waals surface area contributed by atoms with E-state index < -0.39 is 0 Å². The largest absolute Gasteiger partial charge is 0.425 e. The summed E-state index contributed by atoms with van der Waals surface area (Å²) in [5, 5.41) is 0.539. The van der Waals surface area contributed by atoms with Gasteiger partial charge in [-0.15, -0.1) is 0 Å². The van der Waals surface area contributed by atoms with E-state index in [0.717, 1.165) is 16.7 Å². The van der Waals surface area contributed by atoms with E-state index in [4.69, 9.17) is 16.3 Å². The average Bonchev–Trinajstić information content (AvgIpc) is 3.24. The second-order valence-corrected chi connectivity index (χ2v) is 7.94. The number of pyridine rings is 2. The van der Waals surface area contributed by atoms with Crippen molar-refractivity contribution in [2.45, 2.75) is 19.8 Å². The molecule has 4 heterocycles. The standard InChI is InChI=1S/C22H19ClN6O2/c1-12(2)17-15(23)11-25-20-18(17)27-21(30)29(20)13-6-8-14(9-7-13)31-22-26-16-5-4-10-24-19(16)28(22)3/h4-12H,1-3H3,(H,27,30). The van der Waals surface area contributed by atoms with E-state index in [1.54, 1.807) is 41.2 Å². The molecule has 1 aromatic carbocycles. The van der Waals surface area contributed by atoms with Crippen molar-refractivity contribution in [1.82, 2.24) is 29.1 Å². The third kappa shape index (κ3) is 3.16. The summed E-state index contributed by atoms with van der Waals surface area (Å²) in [5.41, 5.74) is 3.95. The Hall–Kier alpha value is -3.65. The van der Waals surface area contributed by atoms with Crippen molar-refractivity contribution in [2.75, 3.05) is 0 Å². The summed E-state index contributed by atoms with van der Waals surface area (Å²) in [5.74, 6) is 0.733. The second-order valence-electron chi connectivity index (χ2n) is 7.53. The minimum absolute atomic E-state index is 0.142. The van der Waals surface area contributed by atoms with Crippen LogP contribution in [0.1, 0.15) is 25.3 Å². The van der Waals surface area contributed by atoms with Crippen LogP contribution in [0.3, 0.4) is 0 Å². The van der Waals surface area contributed by atoms with E-state index in [9.17, 15) is 4.79 Å². The number of hydrogen-bond acceptors (Lipinski definition) is 5. The molecular formula is C22H19ClN6O2. The highest BCUT2D eigenvalue weighted by molar-refractivity contribution is 6.32. The highest BCUT2D eigenvalue weighted by atomic mass is 35.5. The Morgan fingerprint density at radius 3 is 2.58 bits per heavy atom. The lowest BCUT2D eigenvalue weighted by atomic mass is 10.0. The number of halogens is 1. The van der Waals surface area contributed by atoms with E-state index in [-0.39, 0.29) is 11.6 Å². The number of fused-ring (bicyclic) bond motifs is 2. The van der Waals surface area contributed by atoms with Crippen LogP contribution in [0.4, 0.5) is 0 Å². The van der Waals surface area contributed by atoms with Gasteiger partial charge in [0, 0.05) is 25.0 Å². The molecule has 5 aromatic rings. The van der Waals surface area contributed by atoms with E-state index in [1.165, 1.54) is 4.57 Å². The van der Waals surface area contributed by atoms with Gasteiger partial charge in [0.2, 0.25) is 0 Å². The summed E-state index contributed by atoms with van der Waals surface area (Å²) in [6, 6.07) is 11.3. The molecule has 0 unspecified atom stereocenters. The Bertz CT molecular complexity index is 1480. The van der Waals surface area contributed by atoms with E-state index in [1.807, 2.05) is 33.0 Å². The van der Waals surface area contributed by atoms with Gasteiger partial charge in [0.25, 0.3) is 0 Å². The average molecular weight is 435 g/mol. The topological polar surface area (TPSA) is 90.6 Å². The number of H-pyrrole nitrogens is 1. The Balaban J connectivity index is 1.52. The molecule has 0 aliphatic rings. The fourth-order valence-electron chi connectivity index (χ4n) is 3.71. The number of imidazole rings is 2. The molecule has 156 valence electrons. The fraction of sp³-hybridized carbons (Fsp3) is 0.182. The lowest BCUT2D eigenvalue weighted by molar-refractivity contribution is 0.427. The third-order valence-electron chi connectivity index (χ3n) is 5.17. The van der Waals surface area contributed by atoms with Gasteiger partial charge in [-0.1, -0.05) is 25.4 Å². The highest BCUT2D eigenvalue weighted by Crippen LogP contribution is 2.30. The zero-order chi connectivity index (χ0) is 21.7. The van der Waals surface area contributed by atoms with Crippen molar-refractivity contribution in [2.24, 2.45) is 7.05 Å². The maximum Gasteiger partial charge on any atom is 0.332 e. The van der Waals surface area contributed by atoms with Crippen molar-refractivity contribution in [3.05, 3.63) is 69.9 Å². The molecule has 0 fully saturated rings. The molecule has 0 aliphatic heterocycles. The third-order valence-corrected chi connectivity index (χ3v) is 5.47. The minimum Gasteiger partial charge on any atom is -0.425 e. The maximum absolute atomic E-state index is 12.7. The Morgan fingerprint density at radius 2 is 1.87 bits per heavy atom. The smallest absolute Gasteiger partial charge is 0.332 e. The van der Waals surface area contributed by atoms with Gasteiger partial charge in [0.15, 0.2) is 11.3 Å². The predicted molar refractivity (Wildman–Crippen MR) is 119 cm³/mol. The number of nitrogens with zero attached hydrogens (tertiary/aromatic N) is 5. The van der Waals surface area contributed by atoms with Gasteiger partial charge in [-0.3, -0.25) is 4.57 Å². The van der Waals surface area contributed by atoms with Gasteiger partial charge >= 0.3 is 11.7 Å². The second kappa shape index (κ2) is 7.24. The first kappa shape index (κ1) is 19.3. The van der Waals surface area contributed by atoms with Gasteiger partial charge in [-0.25, -0.2) is 19.3 Å². The number of benzene rings is 1. The zero-order valence-corrected chi connectivity index (χ0v) is 17.9. The SMILES string of the molecule is CC(C)c1c(Cl)cnc2c1[nH]c(=O)n2-c1ccc(Oc2nc3cccnc3n2C)cc1. The first-order valence-electron chi connectivity index (χ1n) is 9.79. The van der Waals surface area contributed by atoms with Crippen LogP contribution in [0.2, 0.25) is 5.02 Å². The van der Waals surface area contributed by atoms with Crippen molar-refractivity contribution in [3.63, 3.8) is 0 Å². The molecule has 0 saturated carbocycles. The Labute approximate surface area is 182 Å². The molecule has 31 heavy (non-hydrogen) atoms. The first-order chi connectivity index (χ1) is 14.9. The van der Waals surface area contributed by atoms with Crippen LogP contribution in [-0.4, -0.2) is 29.1 Å². The normalized spacial score (nSPS) is 11.6. The van der Waals surface area contributed by atoms with Crippen molar-refractivity contribution in [1.29, 1.82) is 0 Å². The molecule has 0 amide bonds. The van der Waals surface area contributed by atoms with Crippen molar-refractivity contribution in [3.8, 4) is 17.4 Å². The monoisotopic (exact) mass is 434 g/mol. The molecule has 5 rings (SSSR count). The van der Waals surface area contributed by atoms with Crippen LogP contribution in [0, 0.1) is 0 Å². The molecule has 0 saturated heterocycles. The van der Waals surface area contributed by atoms with E-state index in [0.29, 0.717) is 33.6 Å². The van der Waals surface area contributed by atoms with Crippen LogP contribution in [0.5, 0.6) is 11.8 Å². The summed E-state index contributed by atoms with van der Waals surface area (Å²) in [6.07, 6.45) is 3.30. The van der Waals surface area contributed by atoms with Crippen LogP contribution < -0.4 is 10.4 Å². The van der Waals surface area contributed by atoms with E-state index in [2.05, 4.69) is 19.9 Å². The molecule has 4 aromatic heterocycles. The van der Waals surface area contributed by atoms with E-state index >= 15 is 0 Å². The number of aryl methyl sites for hydroxylation is 1. The number of rotatable bonds is 4. The van der Waals surface area contributed by atoms with Crippen LogP contribution in [-0.2, 0) is 7.05 Å². The zero-order valence-electron chi connectivity index (χ0n) is 17.1. The number of aromatic amines is 1. The van der Waals surface area contributed by atoms with Gasteiger partial charge in [-0.2, -0.15) is 4.98 Å². The molecule has 1 N–H and O–H groups in total. The number of ether oxygens (including phenoxy) is 1. The van der Waals surface area contributed by atoms with Crippen LogP contribution in [0.25, 0.3) is 28.0 Å². The molecule has 9 heteroatoms. The van der Waals surface area contributed by atoms with Crippen molar-refractivity contribution >= 4 is 33.9 Å². The highest BCUT2D eigenvalue weighted by Gasteiger charge is 2.18. The molecule has 0 atom stereocenters. The Kier molecular flexibility index (Phi) is 4.51. The molecule has 0 radical (unpaired) electrons. The van der Waals surface area contributed by atoms with Gasteiger partial charge in [0.1, 0.15) is 11.3 Å². The molecule has 8 nitrogen and oxygen atoms in total. The number of hydrogen-bond donors (Lipinski definition) is 1. The molecule has 0 aliphatic carbocycles. The fourth-order valence-corrected chi connectivity index (χ4v) is 4.07. The summed E-state index contributed by atoms with van der Waals surface area (Å²) >= 11 is 6.32.